The van der Waals surface area contributed by atoms with E-state index >= 15 is 0 Å². The van der Waals surface area contributed by atoms with Crippen molar-refractivity contribution in [1.29, 1.82) is 0 Å². The number of carbonyl (C=O) groups excluding carboxylic acids is 2. The monoisotopic (exact) mass is 295 g/mol. The number of unbranched alkanes of at least 4 members (excludes halogenated alkanes) is 2. The first-order valence-corrected chi connectivity index (χ1v) is 6.49. The molecule has 2 amide bonds. The second kappa shape index (κ2) is 8.64. The van der Waals surface area contributed by atoms with Gasteiger partial charge in [0.2, 0.25) is 0 Å². The van der Waals surface area contributed by atoms with E-state index in [0.717, 1.165) is 6.42 Å². The van der Waals surface area contributed by atoms with Gasteiger partial charge in [0.1, 0.15) is 0 Å². The molecule has 0 fully saturated rings. The van der Waals surface area contributed by atoms with Crippen LogP contribution in [0.5, 0.6) is 0 Å². The van der Waals surface area contributed by atoms with Gasteiger partial charge in [0.25, 0.3) is 5.69 Å². The van der Waals surface area contributed by atoms with Gasteiger partial charge < -0.3 is 15.7 Å². The summed E-state index contributed by atoms with van der Waals surface area (Å²) in [5.41, 5.74) is 0.211. The molecular weight excluding hydrogens is 278 g/mol. The van der Waals surface area contributed by atoms with E-state index in [2.05, 4.69) is 10.6 Å². The summed E-state index contributed by atoms with van der Waals surface area (Å²) in [7, 11) is 0. The highest BCUT2D eigenvalue weighted by atomic mass is 16.6. The van der Waals surface area contributed by atoms with Crippen LogP contribution in [0.15, 0.2) is 24.3 Å². The smallest absolute Gasteiger partial charge is 0.313 e. The summed E-state index contributed by atoms with van der Waals surface area (Å²) in [6.07, 6.45) is 2.10. The Balaban J connectivity index is 2.38. The van der Waals surface area contributed by atoms with Crippen LogP contribution in [0.1, 0.15) is 19.3 Å². The Bertz CT molecular complexity index is 501. The number of nitro groups is 1. The van der Waals surface area contributed by atoms with Gasteiger partial charge >= 0.3 is 11.8 Å². The predicted octanol–water partition coefficient (Wildman–Crippen LogP) is 0.812. The number of benzene rings is 1. The molecule has 21 heavy (non-hydrogen) atoms. The molecular formula is C13H17N3O5. The first kappa shape index (κ1) is 16.6. The number of hydrogen-bond donors (Lipinski definition) is 3. The fraction of sp³-hybridized carbons (Fsp3) is 0.385. The van der Waals surface area contributed by atoms with Crippen LogP contribution < -0.4 is 10.6 Å². The van der Waals surface area contributed by atoms with Crippen molar-refractivity contribution in [1.82, 2.24) is 5.32 Å². The van der Waals surface area contributed by atoms with Crippen molar-refractivity contribution < 1.29 is 19.6 Å². The largest absolute Gasteiger partial charge is 0.396 e. The summed E-state index contributed by atoms with van der Waals surface area (Å²) in [6.45, 7) is 0.459. The van der Waals surface area contributed by atoms with Crippen LogP contribution in [0, 0.1) is 10.1 Å². The molecule has 8 heteroatoms. The molecule has 1 aromatic rings. The third kappa shape index (κ3) is 6.00. The number of aliphatic hydroxyl groups excluding tert-OH is 1. The van der Waals surface area contributed by atoms with E-state index in [9.17, 15) is 19.7 Å². The molecule has 0 radical (unpaired) electrons. The summed E-state index contributed by atoms with van der Waals surface area (Å²) < 4.78 is 0. The van der Waals surface area contributed by atoms with Gasteiger partial charge in [-0.05, 0) is 31.4 Å². The van der Waals surface area contributed by atoms with Crippen molar-refractivity contribution in [2.45, 2.75) is 19.3 Å². The summed E-state index contributed by atoms with van der Waals surface area (Å²) in [4.78, 5) is 33.0. The maximum atomic E-state index is 11.6. The third-order valence-corrected chi connectivity index (χ3v) is 2.66. The SMILES string of the molecule is O=C(NCCCCCO)C(=O)Nc1ccc([N+](=O)[O-])cc1. The molecule has 0 saturated heterocycles. The van der Waals surface area contributed by atoms with Crippen molar-refractivity contribution in [3.8, 4) is 0 Å². The van der Waals surface area contributed by atoms with Crippen LogP contribution in [0.4, 0.5) is 11.4 Å². The molecule has 0 aliphatic heterocycles. The zero-order chi connectivity index (χ0) is 15.7. The first-order valence-electron chi connectivity index (χ1n) is 6.49. The summed E-state index contributed by atoms with van der Waals surface area (Å²) in [5.74, 6) is -1.59. The van der Waals surface area contributed by atoms with Gasteiger partial charge in [0.15, 0.2) is 0 Å². The predicted molar refractivity (Wildman–Crippen MR) is 75.7 cm³/mol. The quantitative estimate of drug-likeness (QED) is 0.297. The first-order chi connectivity index (χ1) is 10.0. The molecule has 0 bridgehead atoms. The Labute approximate surface area is 121 Å². The Morgan fingerprint density at radius 3 is 2.33 bits per heavy atom. The lowest BCUT2D eigenvalue weighted by atomic mass is 10.2. The van der Waals surface area contributed by atoms with E-state index < -0.39 is 16.7 Å². The summed E-state index contributed by atoms with van der Waals surface area (Å²) >= 11 is 0. The van der Waals surface area contributed by atoms with Gasteiger partial charge in [-0.3, -0.25) is 19.7 Å². The molecule has 3 N–H and O–H groups in total. The van der Waals surface area contributed by atoms with Gasteiger partial charge in [-0.25, -0.2) is 0 Å². The van der Waals surface area contributed by atoms with Crippen molar-refractivity contribution in [2.75, 3.05) is 18.5 Å². The van der Waals surface area contributed by atoms with E-state index in [1.54, 1.807) is 0 Å². The van der Waals surface area contributed by atoms with Crippen LogP contribution in [0.3, 0.4) is 0 Å². The van der Waals surface area contributed by atoms with Crippen LogP contribution in [-0.2, 0) is 9.59 Å². The number of amides is 2. The molecule has 0 spiro atoms. The second-order valence-electron chi connectivity index (χ2n) is 4.30. The maximum Gasteiger partial charge on any atom is 0.313 e. The molecule has 1 rings (SSSR count). The van der Waals surface area contributed by atoms with Crippen molar-refractivity contribution in [2.24, 2.45) is 0 Å². The number of carbonyl (C=O) groups is 2. The highest BCUT2D eigenvalue weighted by Crippen LogP contribution is 2.15. The fourth-order valence-electron chi connectivity index (χ4n) is 1.55. The highest BCUT2D eigenvalue weighted by Gasteiger charge is 2.13. The van der Waals surface area contributed by atoms with Gasteiger partial charge in [-0.1, -0.05) is 0 Å². The van der Waals surface area contributed by atoms with Crippen LogP contribution in [-0.4, -0.2) is 35.0 Å². The van der Waals surface area contributed by atoms with Gasteiger partial charge in [-0.2, -0.15) is 0 Å². The molecule has 0 aliphatic carbocycles. The number of anilines is 1. The number of nitrogens with one attached hydrogen (secondary N) is 2. The molecule has 0 heterocycles. The van der Waals surface area contributed by atoms with Crippen molar-refractivity contribution in [3.05, 3.63) is 34.4 Å². The Kier molecular flexibility index (Phi) is 6.82. The molecule has 0 atom stereocenters. The van der Waals surface area contributed by atoms with E-state index in [1.807, 2.05) is 0 Å². The standard InChI is InChI=1S/C13H17N3O5/c17-9-3-1-2-8-14-12(18)13(19)15-10-4-6-11(7-5-10)16(20)21/h4-7,17H,1-3,8-9H2,(H,14,18)(H,15,19). The van der Waals surface area contributed by atoms with Crippen LogP contribution in [0.2, 0.25) is 0 Å². The molecule has 0 aliphatic rings. The Hall–Kier alpha value is -2.48. The van der Waals surface area contributed by atoms with Gasteiger partial charge in [0.05, 0.1) is 4.92 Å². The highest BCUT2D eigenvalue weighted by molar-refractivity contribution is 6.39. The maximum absolute atomic E-state index is 11.6. The summed E-state index contributed by atoms with van der Waals surface area (Å²) in [6, 6.07) is 5.18. The molecule has 0 unspecified atom stereocenters. The van der Waals surface area contributed by atoms with Crippen molar-refractivity contribution in [3.63, 3.8) is 0 Å². The number of hydrogen-bond acceptors (Lipinski definition) is 5. The van der Waals surface area contributed by atoms with Gasteiger partial charge in [-0.15, -0.1) is 0 Å². The minimum atomic E-state index is -0.828. The lowest BCUT2D eigenvalue weighted by molar-refractivity contribution is -0.384. The van der Waals surface area contributed by atoms with Crippen LogP contribution >= 0.6 is 0 Å². The van der Waals surface area contributed by atoms with E-state index in [0.29, 0.717) is 25.1 Å². The Morgan fingerprint density at radius 1 is 1.10 bits per heavy atom. The van der Waals surface area contributed by atoms with Gasteiger partial charge in [0, 0.05) is 31.0 Å². The number of aliphatic hydroxyl groups is 1. The molecule has 1 aromatic carbocycles. The fourth-order valence-corrected chi connectivity index (χ4v) is 1.55. The topological polar surface area (TPSA) is 122 Å². The minimum absolute atomic E-state index is 0.0960. The average molecular weight is 295 g/mol. The lowest BCUT2D eigenvalue weighted by Gasteiger charge is -2.06. The minimum Gasteiger partial charge on any atom is -0.396 e. The molecule has 0 saturated carbocycles. The second-order valence-corrected chi connectivity index (χ2v) is 4.30. The zero-order valence-electron chi connectivity index (χ0n) is 11.4. The van der Waals surface area contributed by atoms with E-state index in [1.165, 1.54) is 24.3 Å². The van der Waals surface area contributed by atoms with Crippen LogP contribution in [0.25, 0.3) is 0 Å². The Morgan fingerprint density at radius 2 is 1.76 bits per heavy atom. The molecule has 8 nitrogen and oxygen atoms in total. The summed E-state index contributed by atoms with van der Waals surface area (Å²) in [5, 5.41) is 23.9. The van der Waals surface area contributed by atoms with E-state index in [4.69, 9.17) is 5.11 Å². The number of nitrogens with zero attached hydrogens (tertiary/aromatic N) is 1. The number of non-ortho nitro benzene ring substituents is 1. The number of nitro benzene ring substituents is 1. The van der Waals surface area contributed by atoms with Crippen molar-refractivity contribution >= 4 is 23.2 Å². The molecule has 0 aromatic heterocycles. The number of rotatable bonds is 7. The zero-order valence-corrected chi connectivity index (χ0v) is 11.4. The lowest BCUT2D eigenvalue weighted by Crippen LogP contribution is -2.35. The third-order valence-electron chi connectivity index (χ3n) is 2.66. The molecule has 114 valence electrons. The normalized spacial score (nSPS) is 9.95. The van der Waals surface area contributed by atoms with E-state index in [-0.39, 0.29) is 12.3 Å². The average Bonchev–Trinajstić information content (AvgIpc) is 2.47.